The average molecular weight is 183 g/mol. The molecule has 0 aliphatic carbocycles. The van der Waals surface area contributed by atoms with Gasteiger partial charge >= 0.3 is 0 Å². The van der Waals surface area contributed by atoms with Crippen LogP contribution in [-0.2, 0) is 5.41 Å². The van der Waals surface area contributed by atoms with Gasteiger partial charge in [0, 0.05) is 5.41 Å². The minimum Gasteiger partial charge on any atom is -0.383 e. The number of thiazole rings is 1. The van der Waals surface area contributed by atoms with Gasteiger partial charge in [0.1, 0.15) is 5.84 Å². The summed E-state index contributed by atoms with van der Waals surface area (Å²) in [4.78, 5) is 5.00. The van der Waals surface area contributed by atoms with Gasteiger partial charge in [0.05, 0.1) is 16.1 Å². The van der Waals surface area contributed by atoms with Gasteiger partial charge < -0.3 is 5.73 Å². The minimum absolute atomic E-state index is 0.0268. The Bertz CT molecular complexity index is 295. The predicted molar refractivity (Wildman–Crippen MR) is 51.8 cm³/mol. The first-order chi connectivity index (χ1) is 5.43. The lowest BCUT2D eigenvalue weighted by atomic mass is 9.91. The van der Waals surface area contributed by atoms with Crippen molar-refractivity contribution in [1.29, 1.82) is 5.41 Å². The highest BCUT2D eigenvalue weighted by Gasteiger charge is 2.21. The van der Waals surface area contributed by atoms with Crippen LogP contribution in [0.15, 0.2) is 5.51 Å². The highest BCUT2D eigenvalue weighted by Crippen LogP contribution is 2.26. The van der Waals surface area contributed by atoms with Crippen LogP contribution in [0.2, 0.25) is 0 Å². The van der Waals surface area contributed by atoms with Crippen LogP contribution >= 0.6 is 11.3 Å². The molecule has 0 amide bonds. The van der Waals surface area contributed by atoms with Crippen LogP contribution in [0.5, 0.6) is 0 Å². The lowest BCUT2D eigenvalue weighted by Crippen LogP contribution is -2.19. The molecule has 0 unspecified atom stereocenters. The van der Waals surface area contributed by atoms with Crippen LogP contribution in [0.3, 0.4) is 0 Å². The third kappa shape index (κ3) is 1.64. The molecule has 0 bridgehead atoms. The lowest BCUT2D eigenvalue weighted by Gasteiger charge is -2.16. The highest BCUT2D eigenvalue weighted by atomic mass is 32.1. The van der Waals surface area contributed by atoms with E-state index in [4.69, 9.17) is 11.1 Å². The topological polar surface area (TPSA) is 62.8 Å². The summed E-state index contributed by atoms with van der Waals surface area (Å²) in [5.41, 5.74) is 8.03. The molecule has 3 nitrogen and oxygen atoms in total. The van der Waals surface area contributed by atoms with Crippen LogP contribution in [0, 0.1) is 5.41 Å². The Balaban J connectivity index is 3.17. The molecule has 1 heterocycles. The Kier molecular flexibility index (Phi) is 2.19. The van der Waals surface area contributed by atoms with Gasteiger partial charge in [-0.2, -0.15) is 0 Å². The van der Waals surface area contributed by atoms with Crippen molar-refractivity contribution >= 4 is 17.2 Å². The van der Waals surface area contributed by atoms with Crippen molar-refractivity contribution < 1.29 is 0 Å². The number of nitrogens with two attached hydrogens (primary N) is 1. The second kappa shape index (κ2) is 2.86. The zero-order chi connectivity index (χ0) is 9.35. The van der Waals surface area contributed by atoms with Gasteiger partial charge in [-0.3, -0.25) is 5.41 Å². The summed E-state index contributed by atoms with van der Waals surface area (Å²) in [6.07, 6.45) is 0. The van der Waals surface area contributed by atoms with Crippen molar-refractivity contribution in [3.8, 4) is 0 Å². The molecule has 0 spiro atoms. The number of rotatable bonds is 1. The van der Waals surface area contributed by atoms with E-state index in [9.17, 15) is 0 Å². The van der Waals surface area contributed by atoms with Crippen LogP contribution in [-0.4, -0.2) is 10.8 Å². The maximum Gasteiger partial charge on any atom is 0.135 e. The first kappa shape index (κ1) is 9.19. The van der Waals surface area contributed by atoms with Crippen molar-refractivity contribution in [2.45, 2.75) is 26.2 Å². The number of nitrogens with one attached hydrogen (secondary N) is 1. The van der Waals surface area contributed by atoms with Crippen LogP contribution in [0.25, 0.3) is 0 Å². The molecule has 0 aliphatic heterocycles. The van der Waals surface area contributed by atoms with E-state index in [1.165, 1.54) is 11.3 Å². The number of aromatic nitrogens is 1. The molecule has 1 aromatic rings. The fourth-order valence-electron chi connectivity index (χ4n) is 0.971. The zero-order valence-corrected chi connectivity index (χ0v) is 8.33. The lowest BCUT2D eigenvalue weighted by molar-refractivity contribution is 0.572. The fourth-order valence-corrected chi connectivity index (χ4v) is 1.83. The summed E-state index contributed by atoms with van der Waals surface area (Å²) in [7, 11) is 0. The molecule has 66 valence electrons. The Morgan fingerprint density at radius 3 is 2.50 bits per heavy atom. The van der Waals surface area contributed by atoms with Gasteiger partial charge in [0.2, 0.25) is 0 Å². The average Bonchev–Trinajstić information content (AvgIpc) is 2.30. The normalized spacial score (nSPS) is 11.6. The molecule has 3 N–H and O–H groups in total. The first-order valence-electron chi connectivity index (χ1n) is 3.71. The van der Waals surface area contributed by atoms with Crippen LogP contribution in [0.4, 0.5) is 0 Å². The van der Waals surface area contributed by atoms with E-state index in [-0.39, 0.29) is 11.3 Å². The van der Waals surface area contributed by atoms with Crippen molar-refractivity contribution in [2.24, 2.45) is 5.73 Å². The number of amidine groups is 1. The van der Waals surface area contributed by atoms with Crippen molar-refractivity contribution in [2.75, 3.05) is 0 Å². The third-order valence-corrected chi connectivity index (χ3v) is 2.38. The highest BCUT2D eigenvalue weighted by molar-refractivity contribution is 7.11. The molecule has 0 aromatic carbocycles. The Morgan fingerprint density at radius 1 is 1.58 bits per heavy atom. The summed E-state index contributed by atoms with van der Waals surface area (Å²) < 4.78 is 0. The van der Waals surface area contributed by atoms with E-state index >= 15 is 0 Å². The first-order valence-corrected chi connectivity index (χ1v) is 4.59. The molecular weight excluding hydrogens is 170 g/mol. The quantitative estimate of drug-likeness (QED) is 0.514. The van der Waals surface area contributed by atoms with Gasteiger partial charge in [0.15, 0.2) is 0 Å². The summed E-state index contributed by atoms with van der Waals surface area (Å²) in [5.74, 6) is 0.113. The molecule has 0 radical (unpaired) electrons. The summed E-state index contributed by atoms with van der Waals surface area (Å²) >= 11 is 1.42. The second-order valence-electron chi connectivity index (χ2n) is 3.69. The largest absolute Gasteiger partial charge is 0.383 e. The van der Waals surface area contributed by atoms with Crippen LogP contribution < -0.4 is 5.73 Å². The summed E-state index contributed by atoms with van der Waals surface area (Å²) in [5, 5.41) is 7.32. The van der Waals surface area contributed by atoms with Crippen molar-refractivity contribution in [3.63, 3.8) is 0 Å². The van der Waals surface area contributed by atoms with Gasteiger partial charge in [0.25, 0.3) is 0 Å². The Labute approximate surface area is 76.1 Å². The monoisotopic (exact) mass is 183 g/mol. The molecular formula is C8H13N3S. The van der Waals surface area contributed by atoms with E-state index < -0.39 is 0 Å². The molecule has 0 aliphatic rings. The zero-order valence-electron chi connectivity index (χ0n) is 7.51. The second-order valence-corrected chi connectivity index (χ2v) is 4.55. The number of hydrogen-bond acceptors (Lipinski definition) is 3. The third-order valence-electron chi connectivity index (χ3n) is 1.52. The molecule has 1 aromatic heterocycles. The smallest absolute Gasteiger partial charge is 0.135 e. The molecule has 0 saturated carbocycles. The van der Waals surface area contributed by atoms with E-state index in [0.29, 0.717) is 0 Å². The molecule has 4 heteroatoms. The van der Waals surface area contributed by atoms with Crippen LogP contribution in [0.1, 0.15) is 31.3 Å². The number of nitrogens with zero attached hydrogens (tertiary/aromatic N) is 1. The SMILES string of the molecule is CC(C)(C)c1ncsc1C(=N)N. The minimum atomic E-state index is -0.0268. The van der Waals surface area contributed by atoms with Gasteiger partial charge in [-0.15, -0.1) is 11.3 Å². The molecule has 12 heavy (non-hydrogen) atoms. The maximum atomic E-state index is 7.32. The van der Waals surface area contributed by atoms with Gasteiger partial charge in [-0.05, 0) is 0 Å². The Morgan fingerprint density at radius 2 is 2.17 bits per heavy atom. The van der Waals surface area contributed by atoms with Gasteiger partial charge in [-0.25, -0.2) is 4.98 Å². The fraction of sp³-hybridized carbons (Fsp3) is 0.500. The molecule has 0 atom stereocenters. The molecule has 1 rings (SSSR count). The number of hydrogen-bond donors (Lipinski definition) is 2. The predicted octanol–water partition coefficient (Wildman–Crippen LogP) is 1.72. The number of nitrogen functional groups attached to an aromatic ring is 1. The van der Waals surface area contributed by atoms with E-state index in [1.54, 1.807) is 5.51 Å². The van der Waals surface area contributed by atoms with E-state index in [1.807, 2.05) is 0 Å². The van der Waals surface area contributed by atoms with Crippen molar-refractivity contribution in [1.82, 2.24) is 4.98 Å². The summed E-state index contributed by atoms with van der Waals surface area (Å²) in [6.45, 7) is 6.19. The van der Waals surface area contributed by atoms with Crippen molar-refractivity contribution in [3.05, 3.63) is 16.1 Å². The van der Waals surface area contributed by atoms with Gasteiger partial charge in [-0.1, -0.05) is 20.8 Å². The van der Waals surface area contributed by atoms with E-state index in [2.05, 4.69) is 25.8 Å². The van der Waals surface area contributed by atoms with E-state index in [0.717, 1.165) is 10.6 Å². The molecule has 0 saturated heterocycles. The molecule has 0 fully saturated rings. The standard InChI is InChI=1S/C8H13N3S/c1-8(2,3)6-5(7(9)10)12-4-11-6/h4H,1-3H3,(H3,9,10). The summed E-state index contributed by atoms with van der Waals surface area (Å²) in [6, 6.07) is 0. The Hall–Kier alpha value is -0.900. The maximum absolute atomic E-state index is 7.32.